The van der Waals surface area contributed by atoms with Gasteiger partial charge >= 0.3 is 0 Å². The molecule has 0 heteroatoms. The van der Waals surface area contributed by atoms with Gasteiger partial charge < -0.3 is 0 Å². The quantitative estimate of drug-likeness (QED) is 0.241. The Labute approximate surface area is 217 Å². The van der Waals surface area contributed by atoms with Gasteiger partial charge in [-0.25, -0.2) is 0 Å². The van der Waals surface area contributed by atoms with Crippen molar-refractivity contribution in [1.82, 2.24) is 0 Å². The highest BCUT2D eigenvalue weighted by Gasteiger charge is 1.88. The van der Waals surface area contributed by atoms with Crippen LogP contribution in [0, 0.1) is 69.2 Å². The summed E-state index contributed by atoms with van der Waals surface area (Å²) < 4.78 is 0. The Balaban J connectivity index is 0.000000437. The summed E-state index contributed by atoms with van der Waals surface area (Å²) >= 11 is 0. The van der Waals surface area contributed by atoms with Gasteiger partial charge in [0, 0.05) is 0 Å². The van der Waals surface area contributed by atoms with Crippen molar-refractivity contribution in [3.63, 3.8) is 0 Å². The van der Waals surface area contributed by atoms with Crippen LogP contribution in [0.15, 0.2) is 84.9 Å². The molecule has 0 spiro atoms. The summed E-state index contributed by atoms with van der Waals surface area (Å²) in [5.74, 6) is 0. The highest BCUT2D eigenvalue weighted by Crippen LogP contribution is 2.07. The van der Waals surface area contributed by atoms with Crippen LogP contribution in [-0.4, -0.2) is 0 Å². The second-order valence-electron chi connectivity index (χ2n) is 9.65. The third-order valence-electron chi connectivity index (χ3n) is 5.08. The first-order valence-corrected chi connectivity index (χ1v) is 12.1. The Morgan fingerprint density at radius 2 is 0.400 bits per heavy atom. The smallest absolute Gasteiger partial charge is 0.0398 e. The van der Waals surface area contributed by atoms with Crippen LogP contribution < -0.4 is 0 Å². The lowest BCUT2D eigenvalue weighted by atomic mass is 10.1. The van der Waals surface area contributed by atoms with Crippen LogP contribution in [0.1, 0.15) is 63.1 Å². The van der Waals surface area contributed by atoms with Gasteiger partial charge in [-0.05, 0) is 69.2 Å². The van der Waals surface area contributed by atoms with E-state index in [1.54, 1.807) is 0 Å². The van der Waals surface area contributed by atoms with E-state index in [0.717, 1.165) is 0 Å². The molecule has 35 heavy (non-hydrogen) atoms. The molecule has 0 atom stereocenters. The molecule has 0 radical (unpaired) electrons. The van der Waals surface area contributed by atoms with Crippen LogP contribution in [0.25, 0.3) is 0 Å². The van der Waals surface area contributed by atoms with Crippen LogP contribution in [0.3, 0.4) is 0 Å². The van der Waals surface area contributed by atoms with Crippen LogP contribution >= 0.6 is 0 Å². The monoisotopic (exact) mass is 468 g/mol. The van der Waals surface area contributed by atoms with Gasteiger partial charge in [-0.3, -0.25) is 0 Å². The highest BCUT2D eigenvalue weighted by molar-refractivity contribution is 5.28. The first kappa shape index (κ1) is 31.9. The fraction of sp³-hybridized carbons (Fsp3) is 0.314. The Bertz CT molecular complexity index is 920. The number of benzene rings is 4. The molecule has 188 valence electrons. The number of hydrogen-bond donors (Lipinski definition) is 0. The van der Waals surface area contributed by atoms with Gasteiger partial charge in [-0.2, -0.15) is 0 Å². The standard InChI is InChI=1S/2C9H12.2C8H10.CH4/c2*1-7-4-8(2)6-9(3)5-7;2*1-7-4-3-5-8(2)6-7;/h2*4-6H,1-3H3;2*3-6H,1-2H3;1H4. The zero-order chi connectivity index (χ0) is 25.7. The number of rotatable bonds is 0. The molecule has 0 N–H and O–H groups in total. The average molecular weight is 469 g/mol. The van der Waals surface area contributed by atoms with E-state index in [1.807, 2.05) is 0 Å². The maximum absolute atomic E-state index is 2.19. The molecule has 0 amide bonds. The lowest BCUT2D eigenvalue weighted by Crippen LogP contribution is -1.78. The van der Waals surface area contributed by atoms with Crippen molar-refractivity contribution in [2.24, 2.45) is 0 Å². The van der Waals surface area contributed by atoms with Gasteiger partial charge in [0.25, 0.3) is 0 Å². The molecule has 0 aliphatic carbocycles. The van der Waals surface area contributed by atoms with Gasteiger partial charge in [0.1, 0.15) is 0 Å². The first-order valence-electron chi connectivity index (χ1n) is 12.1. The van der Waals surface area contributed by atoms with Crippen molar-refractivity contribution in [3.8, 4) is 0 Å². The molecule has 0 aliphatic rings. The van der Waals surface area contributed by atoms with Gasteiger partial charge in [0.2, 0.25) is 0 Å². The van der Waals surface area contributed by atoms with E-state index in [9.17, 15) is 0 Å². The zero-order valence-corrected chi connectivity index (χ0v) is 23.1. The predicted molar refractivity (Wildman–Crippen MR) is 160 cm³/mol. The van der Waals surface area contributed by atoms with Gasteiger partial charge in [-0.1, -0.05) is 148 Å². The maximum Gasteiger partial charge on any atom is -0.0398 e. The van der Waals surface area contributed by atoms with Crippen molar-refractivity contribution in [3.05, 3.63) is 141 Å². The predicted octanol–water partition coefficient (Wildman–Crippen LogP) is 10.5. The SMILES string of the molecule is C.Cc1cc(C)cc(C)c1.Cc1cc(C)cc(C)c1.Cc1cccc(C)c1.Cc1cccc(C)c1. The van der Waals surface area contributed by atoms with Crippen LogP contribution in [-0.2, 0) is 0 Å². The van der Waals surface area contributed by atoms with E-state index in [4.69, 9.17) is 0 Å². The summed E-state index contributed by atoms with van der Waals surface area (Å²) in [7, 11) is 0. The summed E-state index contributed by atoms with van der Waals surface area (Å²) in [5.41, 5.74) is 13.5. The molecule has 4 aromatic carbocycles. The topological polar surface area (TPSA) is 0 Å². The van der Waals surface area contributed by atoms with Crippen molar-refractivity contribution in [2.75, 3.05) is 0 Å². The van der Waals surface area contributed by atoms with E-state index >= 15 is 0 Å². The molecule has 0 bridgehead atoms. The fourth-order valence-electron chi connectivity index (χ4n) is 4.02. The Kier molecular flexibility index (Phi) is 15.0. The fourth-order valence-corrected chi connectivity index (χ4v) is 4.02. The maximum atomic E-state index is 2.19. The molecule has 0 aromatic heterocycles. The third-order valence-corrected chi connectivity index (χ3v) is 5.08. The number of hydrogen-bond acceptors (Lipinski definition) is 0. The first-order chi connectivity index (χ1) is 15.9. The van der Waals surface area contributed by atoms with Crippen molar-refractivity contribution < 1.29 is 0 Å². The van der Waals surface area contributed by atoms with Gasteiger partial charge in [-0.15, -0.1) is 0 Å². The Morgan fingerprint density at radius 3 is 0.514 bits per heavy atom. The van der Waals surface area contributed by atoms with Crippen LogP contribution in [0.2, 0.25) is 0 Å². The second kappa shape index (κ2) is 16.5. The van der Waals surface area contributed by atoms with Crippen molar-refractivity contribution in [2.45, 2.75) is 76.7 Å². The molecule has 4 aromatic rings. The van der Waals surface area contributed by atoms with E-state index in [1.165, 1.54) is 55.6 Å². The minimum absolute atomic E-state index is 0. The van der Waals surface area contributed by atoms with Crippen LogP contribution in [0.5, 0.6) is 0 Å². The molecule has 0 saturated heterocycles. The van der Waals surface area contributed by atoms with E-state index in [0.29, 0.717) is 0 Å². The highest BCUT2D eigenvalue weighted by atomic mass is 13.9. The largest absolute Gasteiger partial charge is 0.0776 e. The lowest BCUT2D eigenvalue weighted by Gasteiger charge is -1.96. The molecule has 0 fully saturated rings. The van der Waals surface area contributed by atoms with Crippen molar-refractivity contribution >= 4 is 0 Å². The van der Waals surface area contributed by atoms with E-state index in [2.05, 4.69) is 154 Å². The summed E-state index contributed by atoms with van der Waals surface area (Å²) in [6, 6.07) is 30.0. The molecule has 0 aliphatic heterocycles. The minimum Gasteiger partial charge on any atom is -0.0776 e. The Morgan fingerprint density at radius 1 is 0.257 bits per heavy atom. The minimum atomic E-state index is 0. The number of aryl methyl sites for hydroxylation is 10. The van der Waals surface area contributed by atoms with E-state index in [-0.39, 0.29) is 7.43 Å². The Hall–Kier alpha value is -3.12. The molecular weight excluding hydrogens is 420 g/mol. The van der Waals surface area contributed by atoms with Crippen molar-refractivity contribution in [1.29, 1.82) is 0 Å². The third kappa shape index (κ3) is 15.4. The van der Waals surface area contributed by atoms with Gasteiger partial charge in [0.05, 0.1) is 0 Å². The molecule has 0 saturated carbocycles. The molecule has 0 nitrogen and oxygen atoms in total. The second-order valence-corrected chi connectivity index (χ2v) is 9.65. The lowest BCUT2D eigenvalue weighted by molar-refractivity contribution is 1.32. The summed E-state index contributed by atoms with van der Waals surface area (Å²) in [5, 5.41) is 0. The summed E-state index contributed by atoms with van der Waals surface area (Å²) in [4.78, 5) is 0. The van der Waals surface area contributed by atoms with E-state index < -0.39 is 0 Å². The molecule has 0 heterocycles. The normalized spacial score (nSPS) is 9.20. The summed E-state index contributed by atoms with van der Waals surface area (Å²) in [6.45, 7) is 21.2. The molecule has 0 unspecified atom stereocenters. The summed E-state index contributed by atoms with van der Waals surface area (Å²) in [6.07, 6.45) is 0. The van der Waals surface area contributed by atoms with Gasteiger partial charge in [0.15, 0.2) is 0 Å². The zero-order valence-electron chi connectivity index (χ0n) is 23.1. The molecular formula is C35H48. The average Bonchev–Trinajstić information content (AvgIpc) is 2.67. The van der Waals surface area contributed by atoms with Crippen LogP contribution in [0.4, 0.5) is 0 Å². The molecule has 4 rings (SSSR count).